The highest BCUT2D eigenvalue weighted by molar-refractivity contribution is 7.80. The zero-order chi connectivity index (χ0) is 13.8. The van der Waals surface area contributed by atoms with E-state index >= 15 is 0 Å². The fourth-order valence-corrected chi connectivity index (χ4v) is 2.93. The van der Waals surface area contributed by atoms with Crippen molar-refractivity contribution in [3.05, 3.63) is 59.9 Å². The molecule has 0 saturated carbocycles. The lowest BCUT2D eigenvalue weighted by molar-refractivity contribution is 0.529. The molecule has 20 heavy (non-hydrogen) atoms. The van der Waals surface area contributed by atoms with Gasteiger partial charge in [0.2, 0.25) is 0 Å². The molecule has 1 aromatic heterocycles. The SMILES string of the molecule is S=C(Nc1cccnc1)N[C@@H]1CCCc2ccccc21. The van der Waals surface area contributed by atoms with Crippen molar-refractivity contribution in [3.63, 3.8) is 0 Å². The van der Waals surface area contributed by atoms with E-state index in [4.69, 9.17) is 12.2 Å². The van der Waals surface area contributed by atoms with Gasteiger partial charge in [0.25, 0.3) is 0 Å². The number of nitrogens with zero attached hydrogens (tertiary/aromatic N) is 1. The van der Waals surface area contributed by atoms with Crippen LogP contribution in [0.3, 0.4) is 0 Å². The van der Waals surface area contributed by atoms with Gasteiger partial charge in [-0.3, -0.25) is 4.98 Å². The molecule has 0 radical (unpaired) electrons. The summed E-state index contributed by atoms with van der Waals surface area (Å²) in [6.45, 7) is 0. The molecule has 0 unspecified atom stereocenters. The summed E-state index contributed by atoms with van der Waals surface area (Å²) in [7, 11) is 0. The van der Waals surface area contributed by atoms with E-state index in [-0.39, 0.29) is 0 Å². The lowest BCUT2D eigenvalue weighted by Crippen LogP contribution is -2.34. The van der Waals surface area contributed by atoms with E-state index in [1.54, 1.807) is 12.4 Å². The highest BCUT2D eigenvalue weighted by Gasteiger charge is 2.20. The van der Waals surface area contributed by atoms with Crippen molar-refractivity contribution in [2.45, 2.75) is 25.3 Å². The maximum absolute atomic E-state index is 5.40. The second-order valence-corrected chi connectivity index (χ2v) is 5.39. The van der Waals surface area contributed by atoms with Gasteiger partial charge in [0.05, 0.1) is 17.9 Å². The van der Waals surface area contributed by atoms with Crippen molar-refractivity contribution in [2.24, 2.45) is 0 Å². The van der Waals surface area contributed by atoms with Crippen LogP contribution >= 0.6 is 12.2 Å². The molecule has 0 saturated heterocycles. The molecule has 0 amide bonds. The Bertz CT molecular complexity index is 598. The number of nitrogens with one attached hydrogen (secondary N) is 2. The van der Waals surface area contributed by atoms with Crippen LogP contribution in [0, 0.1) is 0 Å². The standard InChI is InChI=1S/C16H17N3S/c20-16(18-13-7-4-10-17-11-13)19-15-9-3-6-12-5-1-2-8-14(12)15/h1-2,4-5,7-8,10-11,15H,3,6,9H2,(H2,18,19,20)/t15-/m1/s1. The van der Waals surface area contributed by atoms with E-state index in [0.717, 1.165) is 18.5 Å². The number of benzene rings is 1. The van der Waals surface area contributed by atoms with E-state index in [1.807, 2.05) is 12.1 Å². The third-order valence-corrected chi connectivity index (χ3v) is 3.81. The molecule has 2 N–H and O–H groups in total. The van der Waals surface area contributed by atoms with Gasteiger partial charge < -0.3 is 10.6 Å². The molecule has 0 aliphatic heterocycles. The minimum atomic E-state index is 0.302. The molecular formula is C16H17N3S. The molecular weight excluding hydrogens is 266 g/mol. The second-order valence-electron chi connectivity index (χ2n) is 4.98. The van der Waals surface area contributed by atoms with Gasteiger partial charge in [0.1, 0.15) is 0 Å². The van der Waals surface area contributed by atoms with E-state index in [2.05, 4.69) is 39.9 Å². The second kappa shape index (κ2) is 6.01. The summed E-state index contributed by atoms with van der Waals surface area (Å²) in [6.07, 6.45) is 7.00. The van der Waals surface area contributed by atoms with Crippen molar-refractivity contribution in [2.75, 3.05) is 5.32 Å². The fraction of sp³-hybridized carbons (Fsp3) is 0.250. The minimum absolute atomic E-state index is 0.302. The Morgan fingerprint density at radius 1 is 1.20 bits per heavy atom. The molecule has 1 aromatic carbocycles. The van der Waals surface area contributed by atoms with Gasteiger partial charge in [-0.05, 0) is 54.7 Å². The predicted molar refractivity (Wildman–Crippen MR) is 85.7 cm³/mol. The first-order valence-corrected chi connectivity index (χ1v) is 7.29. The quantitative estimate of drug-likeness (QED) is 0.828. The number of thiocarbonyl (C=S) groups is 1. The van der Waals surface area contributed by atoms with Crippen molar-refractivity contribution < 1.29 is 0 Å². The molecule has 4 heteroatoms. The lowest BCUT2D eigenvalue weighted by Gasteiger charge is -2.27. The molecule has 3 nitrogen and oxygen atoms in total. The smallest absolute Gasteiger partial charge is 0.171 e. The first kappa shape index (κ1) is 13.1. The topological polar surface area (TPSA) is 37.0 Å². The van der Waals surface area contributed by atoms with Crippen LogP contribution in [0.1, 0.15) is 30.0 Å². The number of anilines is 1. The average Bonchev–Trinajstić information content (AvgIpc) is 2.48. The molecule has 0 spiro atoms. The summed E-state index contributed by atoms with van der Waals surface area (Å²) in [5.41, 5.74) is 3.71. The largest absolute Gasteiger partial charge is 0.356 e. The number of hydrogen-bond acceptors (Lipinski definition) is 2. The molecule has 102 valence electrons. The Balaban J connectivity index is 1.68. The van der Waals surface area contributed by atoms with Gasteiger partial charge in [-0.15, -0.1) is 0 Å². The van der Waals surface area contributed by atoms with Gasteiger partial charge >= 0.3 is 0 Å². The van der Waals surface area contributed by atoms with E-state index in [0.29, 0.717) is 11.2 Å². The van der Waals surface area contributed by atoms with Gasteiger partial charge in [0.15, 0.2) is 5.11 Å². The summed E-state index contributed by atoms with van der Waals surface area (Å²) in [4.78, 5) is 4.07. The van der Waals surface area contributed by atoms with Gasteiger partial charge in [-0.2, -0.15) is 0 Å². The van der Waals surface area contributed by atoms with Gasteiger partial charge in [-0.1, -0.05) is 24.3 Å². The minimum Gasteiger partial charge on any atom is -0.356 e. The monoisotopic (exact) mass is 283 g/mol. The van der Waals surface area contributed by atoms with Crippen molar-refractivity contribution in [1.82, 2.24) is 10.3 Å². The Labute approximate surface area is 124 Å². The molecule has 1 atom stereocenters. The molecule has 1 aliphatic carbocycles. The predicted octanol–water partition coefficient (Wildman–Crippen LogP) is 3.45. The summed E-state index contributed by atoms with van der Waals surface area (Å²) in [5.74, 6) is 0. The number of pyridine rings is 1. The molecule has 1 aliphatic rings. The van der Waals surface area contributed by atoms with Crippen LogP contribution in [0.2, 0.25) is 0 Å². The van der Waals surface area contributed by atoms with Crippen molar-refractivity contribution >= 4 is 23.0 Å². The molecule has 3 rings (SSSR count). The Hall–Kier alpha value is -1.94. The Kier molecular flexibility index (Phi) is 3.92. The van der Waals surface area contributed by atoms with Crippen LogP contribution in [0.15, 0.2) is 48.8 Å². The van der Waals surface area contributed by atoms with Crippen LogP contribution in [-0.2, 0) is 6.42 Å². The first-order chi connectivity index (χ1) is 9.83. The molecule has 1 heterocycles. The zero-order valence-corrected chi connectivity index (χ0v) is 12.0. The van der Waals surface area contributed by atoms with Crippen LogP contribution in [-0.4, -0.2) is 10.1 Å². The first-order valence-electron chi connectivity index (χ1n) is 6.88. The molecule has 2 aromatic rings. The Morgan fingerprint density at radius 3 is 2.95 bits per heavy atom. The molecule has 0 bridgehead atoms. The van der Waals surface area contributed by atoms with Crippen LogP contribution in [0.5, 0.6) is 0 Å². The number of fused-ring (bicyclic) bond motifs is 1. The maximum atomic E-state index is 5.40. The van der Waals surface area contributed by atoms with E-state index < -0.39 is 0 Å². The van der Waals surface area contributed by atoms with E-state index in [1.165, 1.54) is 17.5 Å². The molecule has 0 fully saturated rings. The van der Waals surface area contributed by atoms with Gasteiger partial charge in [0, 0.05) is 6.20 Å². The Morgan fingerprint density at radius 2 is 2.10 bits per heavy atom. The van der Waals surface area contributed by atoms with Crippen LogP contribution in [0.25, 0.3) is 0 Å². The van der Waals surface area contributed by atoms with Crippen molar-refractivity contribution in [3.8, 4) is 0 Å². The number of aryl methyl sites for hydroxylation is 1. The summed E-state index contributed by atoms with van der Waals surface area (Å²) < 4.78 is 0. The third-order valence-electron chi connectivity index (χ3n) is 3.59. The van der Waals surface area contributed by atoms with E-state index in [9.17, 15) is 0 Å². The number of hydrogen-bond donors (Lipinski definition) is 2. The average molecular weight is 283 g/mol. The zero-order valence-electron chi connectivity index (χ0n) is 11.2. The van der Waals surface area contributed by atoms with Crippen molar-refractivity contribution in [1.29, 1.82) is 0 Å². The summed E-state index contributed by atoms with van der Waals surface area (Å²) >= 11 is 5.40. The lowest BCUT2D eigenvalue weighted by atomic mass is 9.88. The highest BCUT2D eigenvalue weighted by atomic mass is 32.1. The van der Waals surface area contributed by atoms with Gasteiger partial charge in [-0.25, -0.2) is 0 Å². The normalized spacial score (nSPS) is 17.1. The third kappa shape index (κ3) is 2.96. The maximum Gasteiger partial charge on any atom is 0.171 e. The van der Waals surface area contributed by atoms with Crippen LogP contribution in [0.4, 0.5) is 5.69 Å². The number of rotatable bonds is 2. The summed E-state index contributed by atoms with van der Waals surface area (Å²) in [5, 5.41) is 7.25. The number of aromatic nitrogens is 1. The summed E-state index contributed by atoms with van der Waals surface area (Å²) in [6, 6.07) is 12.7. The van der Waals surface area contributed by atoms with Crippen LogP contribution < -0.4 is 10.6 Å². The fourth-order valence-electron chi connectivity index (χ4n) is 2.67. The highest BCUT2D eigenvalue weighted by Crippen LogP contribution is 2.29.